The molecule has 11 atom stereocenters. The zero-order chi connectivity index (χ0) is 31.0. The average molecular weight is 607 g/mol. The first-order valence-corrected chi connectivity index (χ1v) is 13.7. The van der Waals surface area contributed by atoms with Crippen LogP contribution >= 0.6 is 0 Å². The smallest absolute Gasteiger partial charge is 0.303 e. The molecule has 0 spiro atoms. The summed E-state index contributed by atoms with van der Waals surface area (Å²) in [7, 11) is 0. The minimum Gasteiger partial charge on any atom is -0.507 e. The molecule has 0 radical (unpaired) electrons. The number of aliphatic hydroxyl groups excluding tert-OH is 5. The van der Waals surface area contributed by atoms with E-state index in [0.29, 0.717) is 0 Å². The second kappa shape index (κ2) is 12.7. The molecule has 2 aromatic carbocycles. The van der Waals surface area contributed by atoms with Crippen LogP contribution in [0.15, 0.2) is 42.5 Å². The van der Waals surface area contributed by atoms with E-state index in [-0.39, 0.29) is 29.3 Å². The number of hydrogen-bond donors (Lipinski definition) is 6. The number of aromatic hydroxyl groups is 1. The Balaban J connectivity index is 1.29. The number of carbonyl (C=O) groups excluding carboxylic acids is 2. The Bertz CT molecular complexity index is 1300. The summed E-state index contributed by atoms with van der Waals surface area (Å²) in [5.41, 5.74) is 0.734. The summed E-state index contributed by atoms with van der Waals surface area (Å²) >= 11 is 0. The largest absolute Gasteiger partial charge is 0.507 e. The molecule has 0 saturated carbocycles. The first-order chi connectivity index (χ1) is 20.4. The highest BCUT2D eigenvalue weighted by Gasteiger charge is 2.48. The van der Waals surface area contributed by atoms with Crippen LogP contribution < -0.4 is 9.47 Å². The van der Waals surface area contributed by atoms with Gasteiger partial charge in [0.15, 0.2) is 18.2 Å². The molecule has 3 aliphatic heterocycles. The summed E-state index contributed by atoms with van der Waals surface area (Å²) in [6.45, 7) is 2.10. The van der Waals surface area contributed by atoms with Crippen LogP contribution in [-0.2, 0) is 23.7 Å². The fourth-order valence-corrected chi connectivity index (χ4v) is 5.28. The number of esters is 1. The third-order valence-corrected chi connectivity index (χ3v) is 7.57. The van der Waals surface area contributed by atoms with Crippen LogP contribution in [0.5, 0.6) is 17.2 Å². The van der Waals surface area contributed by atoms with Gasteiger partial charge in [-0.05, 0) is 12.5 Å². The average Bonchev–Trinajstić information content (AvgIpc) is 2.97. The van der Waals surface area contributed by atoms with Crippen molar-refractivity contribution in [2.45, 2.75) is 87.8 Å². The molecule has 0 bridgehead atoms. The number of aliphatic hydroxyl groups is 5. The van der Waals surface area contributed by atoms with Crippen molar-refractivity contribution < 1.29 is 68.6 Å². The summed E-state index contributed by atoms with van der Waals surface area (Å²) in [6, 6.07) is 11.5. The van der Waals surface area contributed by atoms with Crippen molar-refractivity contribution in [2.75, 3.05) is 6.61 Å². The summed E-state index contributed by atoms with van der Waals surface area (Å²) in [5.74, 6) is -1.51. The van der Waals surface area contributed by atoms with Crippen molar-refractivity contribution in [3.05, 3.63) is 53.6 Å². The summed E-state index contributed by atoms with van der Waals surface area (Å²) in [5, 5.41) is 63.0. The highest BCUT2D eigenvalue weighted by atomic mass is 16.7. The summed E-state index contributed by atoms with van der Waals surface area (Å²) in [4.78, 5) is 24.2. The highest BCUT2D eigenvalue weighted by Crippen LogP contribution is 2.42. The predicted octanol–water partition coefficient (Wildman–Crippen LogP) is -0.300. The molecular formula is C29H34O14. The van der Waals surface area contributed by atoms with E-state index in [1.165, 1.54) is 13.0 Å². The first-order valence-electron chi connectivity index (χ1n) is 13.7. The SMILES string of the molecule is CC(=O)O[C@@H]1[C@@H](O)[C@H](C)O[C@@H](OC[C@H]2O[C@@H](Oc3cc(O)c4c(c3)OC(c3ccccc3)CC4=O)[C@H](O)[C@@H](O)[C@@H]2O)[C@@H]1O. The number of ether oxygens (including phenoxy) is 6. The zero-order valence-corrected chi connectivity index (χ0v) is 23.3. The topological polar surface area (TPSA) is 211 Å². The Hall–Kier alpha value is -3.34. The van der Waals surface area contributed by atoms with Gasteiger partial charge in [-0.3, -0.25) is 9.59 Å². The number of phenols is 1. The minimum atomic E-state index is -1.76. The molecule has 2 fully saturated rings. The van der Waals surface area contributed by atoms with Crippen LogP contribution in [0.25, 0.3) is 0 Å². The van der Waals surface area contributed by atoms with Crippen LogP contribution in [0.3, 0.4) is 0 Å². The molecule has 2 saturated heterocycles. The Morgan fingerprint density at radius 1 is 0.930 bits per heavy atom. The quantitative estimate of drug-likeness (QED) is 0.224. The predicted molar refractivity (Wildman–Crippen MR) is 142 cm³/mol. The van der Waals surface area contributed by atoms with Gasteiger partial charge in [-0.15, -0.1) is 0 Å². The fourth-order valence-electron chi connectivity index (χ4n) is 5.28. The zero-order valence-electron chi connectivity index (χ0n) is 23.3. The van der Waals surface area contributed by atoms with E-state index < -0.39 is 85.8 Å². The second-order valence-corrected chi connectivity index (χ2v) is 10.7. The Morgan fingerprint density at radius 3 is 2.35 bits per heavy atom. The van der Waals surface area contributed by atoms with Gasteiger partial charge in [0.1, 0.15) is 65.5 Å². The van der Waals surface area contributed by atoms with Gasteiger partial charge in [0.25, 0.3) is 0 Å². The first kappa shape index (κ1) is 31.1. The van der Waals surface area contributed by atoms with Crippen molar-refractivity contribution in [3.8, 4) is 17.2 Å². The molecule has 14 nitrogen and oxygen atoms in total. The van der Waals surface area contributed by atoms with Crippen LogP contribution in [0.2, 0.25) is 0 Å². The minimum absolute atomic E-state index is 0.0136. The molecule has 3 heterocycles. The Labute approximate surface area is 245 Å². The number of fused-ring (bicyclic) bond motifs is 1. The molecule has 5 rings (SSSR count). The molecule has 2 aromatic rings. The maximum atomic E-state index is 12.8. The molecule has 43 heavy (non-hydrogen) atoms. The van der Waals surface area contributed by atoms with Gasteiger partial charge >= 0.3 is 5.97 Å². The number of benzene rings is 2. The molecule has 0 amide bonds. The lowest BCUT2D eigenvalue weighted by molar-refractivity contribution is -0.319. The van der Waals surface area contributed by atoms with E-state index >= 15 is 0 Å². The number of phenolic OH excluding ortho intramolecular Hbond substituents is 1. The molecular weight excluding hydrogens is 572 g/mol. The van der Waals surface area contributed by atoms with E-state index in [0.717, 1.165) is 18.6 Å². The third kappa shape index (κ3) is 6.46. The summed E-state index contributed by atoms with van der Waals surface area (Å²) < 4.78 is 33.4. The standard InChI is InChI=1S/C29H34O14/c1-12-22(33)27(40-13(2)30)26(37)28(39-12)38-11-20-23(34)24(35)25(36)29(43-20)41-15-8-16(31)21-17(32)10-18(42-19(21)9-15)14-6-4-3-5-7-14/h3-9,12,18,20,22-29,31,33-37H,10-11H2,1-2H3/t12-,18?,20+,22-,23+,24-,25+,26+,27+,28+,29+/m0/s1. The second-order valence-electron chi connectivity index (χ2n) is 10.7. The fraction of sp³-hybridized carbons (Fsp3) is 0.517. The molecule has 14 heteroatoms. The van der Waals surface area contributed by atoms with Crippen LogP contribution in [0.1, 0.15) is 42.3 Å². The molecule has 234 valence electrons. The van der Waals surface area contributed by atoms with Crippen molar-refractivity contribution in [3.63, 3.8) is 0 Å². The van der Waals surface area contributed by atoms with Crippen LogP contribution in [-0.4, -0.2) is 110 Å². The van der Waals surface area contributed by atoms with Gasteiger partial charge in [-0.1, -0.05) is 30.3 Å². The van der Waals surface area contributed by atoms with Crippen LogP contribution in [0, 0.1) is 0 Å². The number of carbonyl (C=O) groups is 2. The Kier molecular flexibility index (Phi) is 9.20. The van der Waals surface area contributed by atoms with Gasteiger partial charge in [0.2, 0.25) is 6.29 Å². The molecule has 3 aliphatic rings. The lowest BCUT2D eigenvalue weighted by Gasteiger charge is -2.43. The van der Waals surface area contributed by atoms with Crippen molar-refractivity contribution in [1.82, 2.24) is 0 Å². The molecule has 0 aliphatic carbocycles. The number of ketones is 1. The maximum Gasteiger partial charge on any atom is 0.303 e. The van der Waals surface area contributed by atoms with Crippen LogP contribution in [0.4, 0.5) is 0 Å². The van der Waals surface area contributed by atoms with Crippen molar-refractivity contribution in [2.24, 2.45) is 0 Å². The molecule has 6 N–H and O–H groups in total. The lowest BCUT2D eigenvalue weighted by Crippen LogP contribution is -2.62. The Morgan fingerprint density at radius 2 is 1.65 bits per heavy atom. The monoisotopic (exact) mass is 606 g/mol. The van der Waals surface area contributed by atoms with Gasteiger partial charge < -0.3 is 59.1 Å². The van der Waals surface area contributed by atoms with E-state index in [2.05, 4.69) is 0 Å². The van der Waals surface area contributed by atoms with Crippen molar-refractivity contribution in [1.29, 1.82) is 0 Å². The van der Waals surface area contributed by atoms with E-state index in [1.54, 1.807) is 24.3 Å². The van der Waals surface area contributed by atoms with E-state index in [1.807, 2.05) is 6.07 Å². The summed E-state index contributed by atoms with van der Waals surface area (Å²) in [6.07, 6.45) is -15.2. The van der Waals surface area contributed by atoms with Gasteiger partial charge in [0.05, 0.1) is 19.1 Å². The number of hydrogen-bond acceptors (Lipinski definition) is 14. The number of rotatable bonds is 7. The van der Waals surface area contributed by atoms with E-state index in [9.17, 15) is 40.2 Å². The van der Waals surface area contributed by atoms with Gasteiger partial charge in [0, 0.05) is 19.1 Å². The lowest BCUT2D eigenvalue weighted by atomic mass is 9.95. The van der Waals surface area contributed by atoms with Crippen molar-refractivity contribution >= 4 is 11.8 Å². The van der Waals surface area contributed by atoms with Gasteiger partial charge in [-0.2, -0.15) is 0 Å². The molecule has 1 unspecified atom stereocenters. The normalized spacial score (nSPS) is 35.9. The maximum absolute atomic E-state index is 12.8. The molecule has 0 aromatic heterocycles. The van der Waals surface area contributed by atoms with Gasteiger partial charge in [-0.25, -0.2) is 0 Å². The van der Waals surface area contributed by atoms with E-state index in [4.69, 9.17) is 28.4 Å². The third-order valence-electron chi connectivity index (χ3n) is 7.57. The number of Topliss-reactive ketones (excluding diaryl/α,β-unsaturated/α-hetero) is 1. The highest BCUT2D eigenvalue weighted by molar-refractivity contribution is 6.02.